The molecule has 1 aromatic heterocycles. The van der Waals surface area contributed by atoms with Gasteiger partial charge in [-0.25, -0.2) is 24.1 Å². The molecule has 0 bridgehead atoms. The fourth-order valence-electron chi connectivity index (χ4n) is 4.40. The van der Waals surface area contributed by atoms with E-state index < -0.39 is 11.6 Å². The lowest BCUT2D eigenvalue weighted by Gasteiger charge is -2.19. The van der Waals surface area contributed by atoms with Crippen molar-refractivity contribution in [3.05, 3.63) is 88.6 Å². The van der Waals surface area contributed by atoms with Crippen molar-refractivity contribution in [2.24, 2.45) is 0 Å². The first-order valence-electron chi connectivity index (χ1n) is 10.9. The number of aromatic nitrogens is 2. The largest absolute Gasteiger partial charge is 0.368 e. The van der Waals surface area contributed by atoms with Crippen molar-refractivity contribution in [2.75, 3.05) is 19.3 Å². The Morgan fingerprint density at radius 3 is 2.64 bits per heavy atom. The second-order valence-corrected chi connectivity index (χ2v) is 8.39. The number of nitrogen functional groups attached to an aromatic ring is 1. The molecule has 5 rings (SSSR count). The standard InChI is InChI=1S/C26H24F2N5/c1-3-33(2)14-17-11-21(27)22(28)12-19(17)15-8-9-23-20(10-15)25(32-26(29)31-23)24-18-7-5-4-6-16(18)13-30-24/h4-12,24H,3,13-14H2,1-2H3,(H2,29,31,32). The van der Waals surface area contributed by atoms with Crippen LogP contribution in [0.1, 0.15) is 35.3 Å². The Morgan fingerprint density at radius 1 is 1.03 bits per heavy atom. The average molecular weight is 445 g/mol. The summed E-state index contributed by atoms with van der Waals surface area (Å²) >= 11 is 0. The third kappa shape index (κ3) is 3.94. The molecule has 2 heterocycles. The zero-order valence-corrected chi connectivity index (χ0v) is 18.5. The van der Waals surface area contributed by atoms with Crippen LogP contribution in [0.4, 0.5) is 14.7 Å². The molecule has 1 unspecified atom stereocenters. The van der Waals surface area contributed by atoms with Gasteiger partial charge in [0.2, 0.25) is 5.95 Å². The van der Waals surface area contributed by atoms with E-state index in [0.717, 1.165) is 34.3 Å². The summed E-state index contributed by atoms with van der Waals surface area (Å²) in [6, 6.07) is 16.0. The highest BCUT2D eigenvalue weighted by Crippen LogP contribution is 2.37. The molecule has 2 N–H and O–H groups in total. The Morgan fingerprint density at radius 2 is 1.82 bits per heavy atom. The maximum atomic E-state index is 14.3. The van der Waals surface area contributed by atoms with E-state index >= 15 is 0 Å². The molecular weight excluding hydrogens is 420 g/mol. The molecule has 0 saturated carbocycles. The SMILES string of the molecule is CCN(C)Cc1cc(F)c(F)cc1-c1ccc2nc(N)nc(C3[N]Cc4ccccc43)c2c1. The second kappa shape index (κ2) is 8.50. The van der Waals surface area contributed by atoms with Gasteiger partial charge in [-0.3, -0.25) is 0 Å². The first kappa shape index (κ1) is 21.4. The molecule has 33 heavy (non-hydrogen) atoms. The van der Waals surface area contributed by atoms with Crippen LogP contribution in [0.2, 0.25) is 0 Å². The van der Waals surface area contributed by atoms with Crippen LogP contribution in [0.25, 0.3) is 22.0 Å². The first-order chi connectivity index (χ1) is 15.9. The van der Waals surface area contributed by atoms with Crippen molar-refractivity contribution in [3.8, 4) is 11.1 Å². The summed E-state index contributed by atoms with van der Waals surface area (Å²) in [5.41, 5.74) is 11.8. The molecule has 5 nitrogen and oxygen atoms in total. The molecule has 1 aliphatic heterocycles. The lowest BCUT2D eigenvalue weighted by molar-refractivity contribution is 0.345. The van der Waals surface area contributed by atoms with Gasteiger partial charge in [-0.05, 0) is 65.7 Å². The minimum Gasteiger partial charge on any atom is -0.368 e. The Labute approximate surface area is 191 Å². The van der Waals surface area contributed by atoms with Crippen molar-refractivity contribution >= 4 is 16.9 Å². The van der Waals surface area contributed by atoms with Gasteiger partial charge in [0.05, 0.1) is 17.3 Å². The fraction of sp³-hybridized carbons (Fsp3) is 0.231. The Kier molecular flexibility index (Phi) is 5.52. The molecule has 0 aliphatic carbocycles. The van der Waals surface area contributed by atoms with Gasteiger partial charge in [0.1, 0.15) is 0 Å². The summed E-state index contributed by atoms with van der Waals surface area (Å²) in [4.78, 5) is 11.0. The molecule has 0 fully saturated rings. The quantitative estimate of drug-likeness (QED) is 0.479. The number of halogens is 2. The van der Waals surface area contributed by atoms with Crippen LogP contribution in [0, 0.1) is 11.6 Å². The van der Waals surface area contributed by atoms with Gasteiger partial charge in [-0.15, -0.1) is 0 Å². The monoisotopic (exact) mass is 444 g/mol. The molecule has 0 spiro atoms. The molecule has 0 amide bonds. The first-order valence-corrected chi connectivity index (χ1v) is 10.9. The zero-order valence-electron chi connectivity index (χ0n) is 18.5. The molecule has 7 heteroatoms. The molecule has 1 aliphatic rings. The van der Waals surface area contributed by atoms with Gasteiger partial charge >= 0.3 is 0 Å². The Hall–Kier alpha value is -3.42. The number of rotatable bonds is 5. The van der Waals surface area contributed by atoms with Crippen molar-refractivity contribution < 1.29 is 8.78 Å². The molecule has 3 aromatic carbocycles. The fourth-order valence-corrected chi connectivity index (χ4v) is 4.40. The Bertz CT molecular complexity index is 1350. The normalized spacial score (nSPS) is 15.4. The Balaban J connectivity index is 1.68. The number of fused-ring (bicyclic) bond motifs is 2. The zero-order chi connectivity index (χ0) is 23.1. The van der Waals surface area contributed by atoms with Crippen LogP contribution in [0.5, 0.6) is 0 Å². The van der Waals surface area contributed by atoms with E-state index in [1.165, 1.54) is 12.1 Å². The minimum atomic E-state index is -0.874. The van der Waals surface area contributed by atoms with Gasteiger partial charge in [-0.2, -0.15) is 0 Å². The predicted molar refractivity (Wildman–Crippen MR) is 125 cm³/mol. The van der Waals surface area contributed by atoms with E-state index in [0.29, 0.717) is 29.7 Å². The highest BCUT2D eigenvalue weighted by Gasteiger charge is 2.28. The third-order valence-electron chi connectivity index (χ3n) is 6.23. The van der Waals surface area contributed by atoms with Crippen LogP contribution in [0.3, 0.4) is 0 Å². The van der Waals surface area contributed by atoms with Crippen molar-refractivity contribution in [1.82, 2.24) is 20.2 Å². The maximum Gasteiger partial charge on any atom is 0.220 e. The number of nitrogens with two attached hydrogens (primary N) is 1. The summed E-state index contributed by atoms with van der Waals surface area (Å²) in [7, 11) is 1.94. The number of hydrogen-bond acceptors (Lipinski definition) is 4. The minimum absolute atomic E-state index is 0.183. The van der Waals surface area contributed by atoms with E-state index in [1.54, 1.807) is 0 Å². The van der Waals surface area contributed by atoms with Gasteiger partial charge < -0.3 is 10.6 Å². The van der Waals surface area contributed by atoms with E-state index in [4.69, 9.17) is 11.1 Å². The van der Waals surface area contributed by atoms with Gasteiger partial charge in [0.15, 0.2) is 11.6 Å². The number of nitrogens with zero attached hydrogens (tertiary/aromatic N) is 4. The van der Waals surface area contributed by atoms with Crippen molar-refractivity contribution in [3.63, 3.8) is 0 Å². The topological polar surface area (TPSA) is 69.1 Å². The molecule has 1 atom stereocenters. The van der Waals surface area contributed by atoms with E-state index in [1.807, 2.05) is 49.2 Å². The molecular formula is C26H24F2N5. The smallest absolute Gasteiger partial charge is 0.220 e. The van der Waals surface area contributed by atoms with Gasteiger partial charge in [-0.1, -0.05) is 37.3 Å². The predicted octanol–water partition coefficient (Wildman–Crippen LogP) is 4.82. The highest BCUT2D eigenvalue weighted by atomic mass is 19.2. The highest BCUT2D eigenvalue weighted by molar-refractivity contribution is 5.88. The van der Waals surface area contributed by atoms with Gasteiger partial charge in [0, 0.05) is 18.5 Å². The van der Waals surface area contributed by atoms with Gasteiger partial charge in [0.25, 0.3) is 0 Å². The number of anilines is 1. The molecule has 4 aromatic rings. The number of benzene rings is 3. The van der Waals surface area contributed by atoms with Crippen LogP contribution in [-0.2, 0) is 13.1 Å². The lowest BCUT2D eigenvalue weighted by atomic mass is 9.95. The van der Waals surface area contributed by atoms with E-state index in [2.05, 4.69) is 22.1 Å². The number of hydrogen-bond donors (Lipinski definition) is 1. The third-order valence-corrected chi connectivity index (χ3v) is 6.23. The summed E-state index contributed by atoms with van der Waals surface area (Å²) in [6.45, 7) is 3.92. The van der Waals surface area contributed by atoms with E-state index in [9.17, 15) is 8.78 Å². The molecule has 1 radical (unpaired) electrons. The van der Waals surface area contributed by atoms with Crippen LogP contribution < -0.4 is 11.1 Å². The van der Waals surface area contributed by atoms with Crippen molar-refractivity contribution in [1.29, 1.82) is 0 Å². The second-order valence-electron chi connectivity index (χ2n) is 8.39. The van der Waals surface area contributed by atoms with Crippen molar-refractivity contribution in [2.45, 2.75) is 26.1 Å². The summed E-state index contributed by atoms with van der Waals surface area (Å²) in [6.07, 6.45) is 0. The summed E-state index contributed by atoms with van der Waals surface area (Å²) in [5, 5.41) is 5.60. The molecule has 0 saturated heterocycles. The molecule has 167 valence electrons. The maximum absolute atomic E-state index is 14.3. The average Bonchev–Trinajstić information content (AvgIpc) is 3.24. The van der Waals surface area contributed by atoms with Crippen LogP contribution >= 0.6 is 0 Å². The summed E-state index contributed by atoms with van der Waals surface area (Å²) < 4.78 is 28.4. The summed E-state index contributed by atoms with van der Waals surface area (Å²) in [5.74, 6) is -1.54. The van der Waals surface area contributed by atoms with Crippen LogP contribution in [0.15, 0.2) is 54.6 Å². The lowest BCUT2D eigenvalue weighted by Crippen LogP contribution is -2.17. The van der Waals surface area contributed by atoms with Crippen LogP contribution in [-0.4, -0.2) is 28.5 Å². The van der Waals surface area contributed by atoms with E-state index in [-0.39, 0.29) is 12.0 Å².